The number of carbonyl (C=O) groups excluding carboxylic acids is 1. The first-order chi connectivity index (χ1) is 12.8. The van der Waals surface area contributed by atoms with E-state index in [4.69, 9.17) is 4.99 Å². The van der Waals surface area contributed by atoms with Crippen molar-refractivity contribution >= 4 is 35.8 Å². The number of guanidine groups is 1. The maximum atomic E-state index is 12.5. The Hall–Kier alpha value is -0.780. The van der Waals surface area contributed by atoms with Gasteiger partial charge in [-0.2, -0.15) is 13.2 Å². The average Bonchev–Trinajstić information content (AvgIpc) is 3.04. The molecule has 0 aromatic heterocycles. The molecule has 1 atom stereocenters. The van der Waals surface area contributed by atoms with Crippen LogP contribution in [0, 0.1) is 11.8 Å². The fraction of sp³-hybridized carbons (Fsp3) is 0.889. The summed E-state index contributed by atoms with van der Waals surface area (Å²) in [6.07, 6.45) is -0.921. The highest BCUT2D eigenvalue weighted by Crippen LogP contribution is 2.23. The van der Waals surface area contributed by atoms with Crippen molar-refractivity contribution in [2.24, 2.45) is 16.8 Å². The standard InChI is InChI=1S/C18H32F3N5O.HI/c1-3-23-17(26-8-5-14(6-9-26)10-16(27)22-2)24-11-15-4-7-25(12-15)13-18(19,20)21;/h14-15H,3-13H2,1-2H3,(H,22,27)(H,23,24);1H. The minimum absolute atomic E-state index is 0. The normalized spacial score (nSPS) is 22.1. The van der Waals surface area contributed by atoms with Crippen LogP contribution in [0.25, 0.3) is 0 Å². The second kappa shape index (κ2) is 12.0. The molecule has 2 saturated heterocycles. The Morgan fingerprint density at radius 2 is 1.79 bits per heavy atom. The number of halogens is 4. The molecular formula is C18H33F3IN5O. The molecule has 2 N–H and O–H groups in total. The number of hydrogen-bond donors (Lipinski definition) is 2. The van der Waals surface area contributed by atoms with Crippen molar-refractivity contribution in [3.63, 3.8) is 0 Å². The van der Waals surface area contributed by atoms with E-state index in [1.165, 1.54) is 4.90 Å². The van der Waals surface area contributed by atoms with E-state index in [0.717, 1.165) is 44.9 Å². The van der Waals surface area contributed by atoms with Crippen LogP contribution in [-0.2, 0) is 4.79 Å². The molecule has 1 amide bonds. The zero-order chi connectivity index (χ0) is 19.9. The van der Waals surface area contributed by atoms with Crippen molar-refractivity contribution in [2.45, 2.75) is 38.8 Å². The summed E-state index contributed by atoms with van der Waals surface area (Å²) in [5.74, 6) is 1.49. The van der Waals surface area contributed by atoms with Crippen molar-refractivity contribution in [2.75, 3.05) is 52.9 Å². The van der Waals surface area contributed by atoms with Gasteiger partial charge in [0.15, 0.2) is 5.96 Å². The van der Waals surface area contributed by atoms with Gasteiger partial charge in [-0.05, 0) is 44.6 Å². The predicted molar refractivity (Wildman–Crippen MR) is 115 cm³/mol. The molecule has 2 aliphatic heterocycles. The van der Waals surface area contributed by atoms with Crippen LogP contribution in [0.15, 0.2) is 4.99 Å². The fourth-order valence-corrected chi connectivity index (χ4v) is 3.81. The lowest BCUT2D eigenvalue weighted by Gasteiger charge is -2.34. The molecule has 0 aromatic rings. The predicted octanol–water partition coefficient (Wildman–Crippen LogP) is 2.30. The van der Waals surface area contributed by atoms with Gasteiger partial charge in [0.25, 0.3) is 0 Å². The van der Waals surface area contributed by atoms with Gasteiger partial charge >= 0.3 is 6.18 Å². The van der Waals surface area contributed by atoms with Gasteiger partial charge in [-0.1, -0.05) is 0 Å². The lowest BCUT2D eigenvalue weighted by atomic mass is 9.93. The summed E-state index contributed by atoms with van der Waals surface area (Å²) in [4.78, 5) is 19.9. The molecule has 28 heavy (non-hydrogen) atoms. The highest BCUT2D eigenvalue weighted by atomic mass is 127. The number of likely N-dealkylation sites (tertiary alicyclic amines) is 2. The molecule has 0 spiro atoms. The average molecular weight is 519 g/mol. The molecule has 2 rings (SSSR count). The molecule has 2 aliphatic rings. The molecule has 10 heteroatoms. The Bertz CT molecular complexity index is 510. The van der Waals surface area contributed by atoms with Gasteiger partial charge < -0.3 is 15.5 Å². The number of aliphatic imine (C=N–C) groups is 1. The smallest absolute Gasteiger partial charge is 0.359 e. The van der Waals surface area contributed by atoms with Gasteiger partial charge in [0, 0.05) is 46.2 Å². The molecule has 0 aliphatic carbocycles. The Labute approximate surface area is 182 Å². The lowest BCUT2D eigenvalue weighted by Crippen LogP contribution is -2.46. The third-order valence-corrected chi connectivity index (χ3v) is 5.27. The Morgan fingerprint density at radius 3 is 2.36 bits per heavy atom. The topological polar surface area (TPSA) is 60.0 Å². The summed E-state index contributed by atoms with van der Waals surface area (Å²) in [5, 5.41) is 5.97. The van der Waals surface area contributed by atoms with Crippen LogP contribution in [0.2, 0.25) is 0 Å². The van der Waals surface area contributed by atoms with E-state index >= 15 is 0 Å². The summed E-state index contributed by atoms with van der Waals surface area (Å²) in [6.45, 7) is 5.12. The first-order valence-corrected chi connectivity index (χ1v) is 9.83. The van der Waals surface area contributed by atoms with E-state index in [2.05, 4.69) is 15.5 Å². The highest BCUT2D eigenvalue weighted by Gasteiger charge is 2.34. The number of alkyl halides is 3. The second-order valence-electron chi connectivity index (χ2n) is 7.51. The van der Waals surface area contributed by atoms with Crippen molar-refractivity contribution < 1.29 is 18.0 Å². The third-order valence-electron chi connectivity index (χ3n) is 5.27. The quantitative estimate of drug-likeness (QED) is 0.322. The summed E-state index contributed by atoms with van der Waals surface area (Å²) >= 11 is 0. The molecule has 2 fully saturated rings. The third kappa shape index (κ3) is 8.71. The van der Waals surface area contributed by atoms with Gasteiger partial charge in [-0.25, -0.2) is 0 Å². The maximum absolute atomic E-state index is 12.5. The number of carbonyl (C=O) groups is 1. The molecular weight excluding hydrogens is 486 g/mol. The molecule has 0 saturated carbocycles. The zero-order valence-corrected chi connectivity index (χ0v) is 19.1. The van der Waals surface area contributed by atoms with Gasteiger partial charge in [-0.15, -0.1) is 24.0 Å². The van der Waals surface area contributed by atoms with E-state index in [1.807, 2.05) is 6.92 Å². The SMILES string of the molecule is CCNC(=NCC1CCN(CC(F)(F)F)C1)N1CCC(CC(=O)NC)CC1.I. The number of rotatable bonds is 6. The highest BCUT2D eigenvalue weighted by molar-refractivity contribution is 14.0. The molecule has 1 unspecified atom stereocenters. The molecule has 164 valence electrons. The van der Waals surface area contributed by atoms with E-state index in [9.17, 15) is 18.0 Å². The van der Waals surface area contributed by atoms with Crippen molar-refractivity contribution in [1.29, 1.82) is 0 Å². The monoisotopic (exact) mass is 519 g/mol. The number of nitrogens with zero attached hydrogens (tertiary/aromatic N) is 3. The summed E-state index contributed by atoms with van der Waals surface area (Å²) < 4.78 is 37.5. The summed E-state index contributed by atoms with van der Waals surface area (Å²) in [6, 6.07) is 0. The van der Waals surface area contributed by atoms with E-state index in [-0.39, 0.29) is 35.8 Å². The minimum atomic E-state index is -4.13. The fourth-order valence-electron chi connectivity index (χ4n) is 3.81. The summed E-state index contributed by atoms with van der Waals surface area (Å²) in [5.41, 5.74) is 0. The number of hydrogen-bond acceptors (Lipinski definition) is 3. The van der Waals surface area contributed by atoms with Crippen molar-refractivity contribution in [3.05, 3.63) is 0 Å². The molecule has 2 heterocycles. The van der Waals surface area contributed by atoms with Crippen LogP contribution >= 0.6 is 24.0 Å². The molecule has 0 aromatic carbocycles. The van der Waals surface area contributed by atoms with Crippen LogP contribution < -0.4 is 10.6 Å². The Morgan fingerprint density at radius 1 is 1.14 bits per heavy atom. The van der Waals surface area contributed by atoms with Crippen LogP contribution in [0.4, 0.5) is 13.2 Å². The van der Waals surface area contributed by atoms with Crippen molar-refractivity contribution in [1.82, 2.24) is 20.4 Å². The van der Waals surface area contributed by atoms with Gasteiger partial charge in [0.2, 0.25) is 5.91 Å². The zero-order valence-electron chi connectivity index (χ0n) is 16.7. The van der Waals surface area contributed by atoms with Crippen molar-refractivity contribution in [3.8, 4) is 0 Å². The van der Waals surface area contributed by atoms with E-state index in [1.54, 1.807) is 7.05 Å². The van der Waals surface area contributed by atoms with Gasteiger partial charge in [0.1, 0.15) is 0 Å². The number of nitrogens with one attached hydrogen (secondary N) is 2. The molecule has 0 bridgehead atoms. The maximum Gasteiger partial charge on any atom is 0.401 e. The largest absolute Gasteiger partial charge is 0.401 e. The first kappa shape index (κ1) is 25.3. The summed E-state index contributed by atoms with van der Waals surface area (Å²) in [7, 11) is 1.66. The first-order valence-electron chi connectivity index (χ1n) is 9.83. The molecule has 0 radical (unpaired) electrons. The lowest BCUT2D eigenvalue weighted by molar-refractivity contribution is -0.143. The van der Waals surface area contributed by atoms with Gasteiger partial charge in [0.05, 0.1) is 6.54 Å². The van der Waals surface area contributed by atoms with Crippen LogP contribution in [0.5, 0.6) is 0 Å². The van der Waals surface area contributed by atoms with Gasteiger partial charge in [-0.3, -0.25) is 14.7 Å². The van der Waals surface area contributed by atoms with E-state index in [0.29, 0.717) is 32.0 Å². The number of amides is 1. The molecule has 6 nitrogen and oxygen atoms in total. The Kier molecular flexibility index (Phi) is 10.9. The number of piperidine rings is 1. The Balaban J connectivity index is 0.00000392. The van der Waals surface area contributed by atoms with Crippen LogP contribution in [0.1, 0.15) is 32.6 Å². The minimum Gasteiger partial charge on any atom is -0.359 e. The second-order valence-corrected chi connectivity index (χ2v) is 7.51. The van der Waals surface area contributed by atoms with E-state index < -0.39 is 12.7 Å². The van der Waals surface area contributed by atoms with Crippen LogP contribution in [-0.4, -0.2) is 80.7 Å². The van der Waals surface area contributed by atoms with Crippen LogP contribution in [0.3, 0.4) is 0 Å².